The van der Waals surface area contributed by atoms with Crippen LogP contribution >= 0.6 is 24.0 Å². The second-order valence-electron chi connectivity index (χ2n) is 7.48. The number of nitrogens with zero attached hydrogens (tertiary/aromatic N) is 3. The number of hydrogen-bond acceptors (Lipinski definition) is 9. The molecule has 0 unspecified atom stereocenters. The standard InChI is InChI=1S/C23H20N4O5S2/c1-30-9-8-27-22(29)18(34-23(27)33)11-15-20(25-19-4-2-3-7-26(19)21(15)28)24-12-14-5-6-16-17(10-14)32-13-31-16/h2-7,10-11,24H,8-9,12-13H2,1H3/b18-11-. The number of benzene rings is 1. The van der Waals surface area contributed by atoms with E-state index in [-0.39, 0.29) is 23.8 Å². The summed E-state index contributed by atoms with van der Waals surface area (Å²) in [6.07, 6.45) is 3.20. The van der Waals surface area contributed by atoms with Crippen LogP contribution in [0.2, 0.25) is 0 Å². The highest BCUT2D eigenvalue weighted by atomic mass is 32.2. The molecule has 0 bridgehead atoms. The number of thiocarbonyl (C=S) groups is 1. The molecule has 4 heterocycles. The molecule has 2 aliphatic rings. The Morgan fingerprint density at radius 1 is 1.24 bits per heavy atom. The first-order chi connectivity index (χ1) is 16.5. The first-order valence-electron chi connectivity index (χ1n) is 10.4. The topological polar surface area (TPSA) is 94.4 Å². The maximum Gasteiger partial charge on any atom is 0.267 e. The van der Waals surface area contributed by atoms with Gasteiger partial charge in [0.15, 0.2) is 11.5 Å². The Balaban J connectivity index is 1.50. The number of hydrogen-bond donors (Lipinski definition) is 1. The second kappa shape index (κ2) is 9.45. The number of fused-ring (bicyclic) bond motifs is 2. The summed E-state index contributed by atoms with van der Waals surface area (Å²) in [5.41, 5.74) is 1.40. The summed E-state index contributed by atoms with van der Waals surface area (Å²) in [5.74, 6) is 1.48. The van der Waals surface area contributed by atoms with Crippen LogP contribution in [0.15, 0.2) is 52.3 Å². The minimum absolute atomic E-state index is 0.196. The largest absolute Gasteiger partial charge is 0.454 e. The van der Waals surface area contributed by atoms with Gasteiger partial charge in [-0.25, -0.2) is 4.98 Å². The highest BCUT2D eigenvalue weighted by Gasteiger charge is 2.32. The van der Waals surface area contributed by atoms with Gasteiger partial charge in [-0.15, -0.1) is 0 Å². The number of amides is 1. The number of thioether (sulfide) groups is 1. The Bertz CT molecular complexity index is 1390. The minimum Gasteiger partial charge on any atom is -0.454 e. The molecule has 0 spiro atoms. The van der Waals surface area contributed by atoms with Crippen LogP contribution in [0.5, 0.6) is 11.5 Å². The van der Waals surface area contributed by atoms with Crippen molar-refractivity contribution in [3.05, 3.63) is 69.0 Å². The van der Waals surface area contributed by atoms with Gasteiger partial charge in [0.05, 0.1) is 23.6 Å². The van der Waals surface area contributed by atoms with Crippen LogP contribution in [0.1, 0.15) is 11.1 Å². The SMILES string of the molecule is COCCN1C(=O)/C(=C/c2c(NCc3ccc4c(c3)OCO4)nc3ccccn3c2=O)SC1=S. The molecule has 0 atom stereocenters. The van der Waals surface area contributed by atoms with E-state index in [1.807, 2.05) is 24.3 Å². The van der Waals surface area contributed by atoms with E-state index < -0.39 is 0 Å². The van der Waals surface area contributed by atoms with Crippen molar-refractivity contribution in [1.82, 2.24) is 14.3 Å². The zero-order valence-electron chi connectivity index (χ0n) is 18.1. The number of methoxy groups -OCH3 is 1. The van der Waals surface area contributed by atoms with Crippen molar-refractivity contribution < 1.29 is 19.0 Å². The maximum atomic E-state index is 13.4. The van der Waals surface area contributed by atoms with Gasteiger partial charge in [0, 0.05) is 19.9 Å². The summed E-state index contributed by atoms with van der Waals surface area (Å²) in [4.78, 5) is 32.8. The smallest absolute Gasteiger partial charge is 0.267 e. The molecule has 1 N–H and O–H groups in total. The second-order valence-corrected chi connectivity index (χ2v) is 9.15. The molecule has 2 aliphatic heterocycles. The van der Waals surface area contributed by atoms with Crippen LogP contribution in [0, 0.1) is 0 Å². The Kier molecular flexibility index (Phi) is 6.22. The van der Waals surface area contributed by atoms with Gasteiger partial charge >= 0.3 is 0 Å². The van der Waals surface area contributed by atoms with E-state index in [2.05, 4.69) is 10.3 Å². The monoisotopic (exact) mass is 496 g/mol. The molecule has 1 amide bonds. The van der Waals surface area contributed by atoms with Crippen LogP contribution in [0.25, 0.3) is 11.7 Å². The van der Waals surface area contributed by atoms with E-state index in [1.54, 1.807) is 31.5 Å². The van der Waals surface area contributed by atoms with E-state index in [4.69, 9.17) is 26.4 Å². The van der Waals surface area contributed by atoms with Gasteiger partial charge in [-0.3, -0.25) is 18.9 Å². The Labute approximate surface area is 204 Å². The van der Waals surface area contributed by atoms with E-state index in [0.29, 0.717) is 51.9 Å². The molecule has 1 aromatic carbocycles. The summed E-state index contributed by atoms with van der Waals surface area (Å²) in [7, 11) is 1.56. The van der Waals surface area contributed by atoms with Crippen LogP contribution in [0.4, 0.5) is 5.82 Å². The lowest BCUT2D eigenvalue weighted by Gasteiger charge is -2.13. The summed E-state index contributed by atoms with van der Waals surface area (Å²) >= 11 is 6.51. The van der Waals surface area contributed by atoms with Gasteiger partial charge in [-0.1, -0.05) is 36.1 Å². The molecule has 2 aromatic heterocycles. The third kappa shape index (κ3) is 4.25. The van der Waals surface area contributed by atoms with Gasteiger partial charge < -0.3 is 19.5 Å². The number of nitrogens with one attached hydrogen (secondary N) is 1. The highest BCUT2D eigenvalue weighted by molar-refractivity contribution is 8.26. The zero-order chi connectivity index (χ0) is 23.7. The van der Waals surface area contributed by atoms with Crippen LogP contribution < -0.4 is 20.3 Å². The lowest BCUT2D eigenvalue weighted by Crippen LogP contribution is -2.31. The van der Waals surface area contributed by atoms with Crippen molar-refractivity contribution >= 4 is 51.7 Å². The van der Waals surface area contributed by atoms with Gasteiger partial charge in [-0.2, -0.15) is 0 Å². The van der Waals surface area contributed by atoms with Gasteiger partial charge in [-0.05, 0) is 35.9 Å². The van der Waals surface area contributed by atoms with E-state index in [0.717, 1.165) is 17.3 Å². The molecule has 1 fully saturated rings. The number of aromatic nitrogens is 2. The molecular weight excluding hydrogens is 476 g/mol. The molecule has 0 saturated carbocycles. The lowest BCUT2D eigenvalue weighted by atomic mass is 10.2. The van der Waals surface area contributed by atoms with Crippen molar-refractivity contribution in [3.63, 3.8) is 0 Å². The molecular formula is C23H20N4O5S2. The summed E-state index contributed by atoms with van der Waals surface area (Å²) < 4.78 is 17.8. The quantitative estimate of drug-likeness (QED) is 0.391. The molecule has 9 nitrogen and oxygen atoms in total. The Morgan fingerprint density at radius 3 is 2.94 bits per heavy atom. The van der Waals surface area contributed by atoms with Crippen LogP contribution in [-0.2, 0) is 16.1 Å². The maximum absolute atomic E-state index is 13.4. The van der Waals surface area contributed by atoms with Crippen molar-refractivity contribution in [2.24, 2.45) is 0 Å². The fourth-order valence-electron chi connectivity index (χ4n) is 3.61. The predicted molar refractivity (Wildman–Crippen MR) is 133 cm³/mol. The number of pyridine rings is 1. The number of rotatable bonds is 7. The van der Waals surface area contributed by atoms with Crippen LogP contribution in [-0.4, -0.2) is 51.6 Å². The Hall–Kier alpha value is -3.41. The molecule has 174 valence electrons. The third-order valence-electron chi connectivity index (χ3n) is 5.33. The molecule has 5 rings (SSSR count). The molecule has 0 aliphatic carbocycles. The molecule has 3 aromatic rings. The van der Waals surface area contributed by atoms with Crippen LogP contribution in [0.3, 0.4) is 0 Å². The molecule has 11 heteroatoms. The minimum atomic E-state index is -0.291. The lowest BCUT2D eigenvalue weighted by molar-refractivity contribution is -0.122. The van der Waals surface area contributed by atoms with Gasteiger partial charge in [0.2, 0.25) is 6.79 Å². The van der Waals surface area contributed by atoms with Crippen molar-refractivity contribution in [1.29, 1.82) is 0 Å². The fraction of sp³-hybridized carbons (Fsp3) is 0.217. The fourth-order valence-corrected chi connectivity index (χ4v) is 4.90. The molecule has 1 saturated heterocycles. The number of carbonyl (C=O) groups is 1. The number of ether oxygens (including phenoxy) is 3. The summed E-state index contributed by atoms with van der Waals surface area (Å²) in [6, 6.07) is 10.9. The summed E-state index contributed by atoms with van der Waals surface area (Å²) in [6.45, 7) is 1.30. The summed E-state index contributed by atoms with van der Waals surface area (Å²) in [5, 5.41) is 3.25. The van der Waals surface area contributed by atoms with Crippen molar-refractivity contribution in [3.8, 4) is 11.5 Å². The molecule has 0 radical (unpaired) electrons. The Morgan fingerprint density at radius 2 is 2.09 bits per heavy atom. The third-order valence-corrected chi connectivity index (χ3v) is 6.71. The normalized spacial score (nSPS) is 16.1. The van der Waals surface area contributed by atoms with E-state index in [1.165, 1.54) is 9.30 Å². The van der Waals surface area contributed by atoms with Gasteiger partial charge in [0.1, 0.15) is 15.8 Å². The van der Waals surface area contributed by atoms with E-state index >= 15 is 0 Å². The number of carbonyl (C=O) groups excluding carboxylic acids is 1. The number of anilines is 1. The first-order valence-corrected chi connectivity index (χ1v) is 11.7. The van der Waals surface area contributed by atoms with Crippen molar-refractivity contribution in [2.45, 2.75) is 6.54 Å². The predicted octanol–water partition coefficient (Wildman–Crippen LogP) is 2.88. The van der Waals surface area contributed by atoms with Gasteiger partial charge in [0.25, 0.3) is 11.5 Å². The average molecular weight is 497 g/mol. The van der Waals surface area contributed by atoms with E-state index in [9.17, 15) is 9.59 Å². The average Bonchev–Trinajstić information content (AvgIpc) is 3.42. The first kappa shape index (κ1) is 22.4. The zero-order valence-corrected chi connectivity index (χ0v) is 19.8. The molecule has 34 heavy (non-hydrogen) atoms. The highest BCUT2D eigenvalue weighted by Crippen LogP contribution is 2.34. The van der Waals surface area contributed by atoms with Crippen molar-refractivity contribution in [2.75, 3.05) is 32.4 Å².